The Balaban J connectivity index is 2.15. The molecular formula is C10H16FN5O3. The van der Waals surface area contributed by atoms with Crippen LogP contribution in [0.3, 0.4) is 0 Å². The van der Waals surface area contributed by atoms with Gasteiger partial charge in [-0.25, -0.2) is 14.4 Å². The van der Waals surface area contributed by atoms with E-state index in [4.69, 9.17) is 21.3 Å². The molecule has 1 aromatic heterocycles. The second-order valence-electron chi connectivity index (χ2n) is 4.18. The average molecular weight is 273 g/mol. The molecule has 106 valence electrons. The van der Waals surface area contributed by atoms with Crippen LogP contribution < -0.4 is 11.5 Å². The van der Waals surface area contributed by atoms with Crippen molar-refractivity contribution >= 4 is 6.34 Å². The fourth-order valence-corrected chi connectivity index (χ4v) is 1.93. The molecule has 5 atom stereocenters. The third-order valence-corrected chi connectivity index (χ3v) is 2.95. The van der Waals surface area contributed by atoms with Gasteiger partial charge in [0.1, 0.15) is 24.1 Å². The average Bonchev–Trinajstić information content (AvgIpc) is 2.97. The largest absolute Gasteiger partial charge is 0.394 e. The Kier molecular flexibility index (Phi) is 4.10. The number of nitrogens with zero attached hydrogens (tertiary/aromatic N) is 2. The lowest BCUT2D eigenvalue weighted by Gasteiger charge is -2.10. The third kappa shape index (κ3) is 2.59. The molecule has 7 N–H and O–H groups in total. The normalized spacial score (nSPS) is 33.1. The van der Waals surface area contributed by atoms with Crippen LogP contribution in [-0.2, 0) is 4.74 Å². The molecule has 2 heterocycles. The third-order valence-electron chi connectivity index (χ3n) is 2.95. The van der Waals surface area contributed by atoms with E-state index in [1.54, 1.807) is 0 Å². The summed E-state index contributed by atoms with van der Waals surface area (Å²) >= 11 is 0. The van der Waals surface area contributed by atoms with Gasteiger partial charge in [0.15, 0.2) is 12.3 Å². The van der Waals surface area contributed by atoms with Crippen molar-refractivity contribution in [1.29, 1.82) is 0 Å². The van der Waals surface area contributed by atoms with Crippen molar-refractivity contribution in [3.05, 3.63) is 17.7 Å². The first kappa shape index (κ1) is 13.9. The van der Waals surface area contributed by atoms with Gasteiger partial charge in [0.05, 0.1) is 24.8 Å². The quantitative estimate of drug-likeness (QED) is 0.333. The Morgan fingerprint density at radius 2 is 2.42 bits per heavy atom. The molecule has 0 bridgehead atoms. The summed E-state index contributed by atoms with van der Waals surface area (Å²) in [7, 11) is 0. The highest BCUT2D eigenvalue weighted by Crippen LogP contribution is 2.34. The van der Waals surface area contributed by atoms with Crippen LogP contribution >= 0.6 is 0 Å². The van der Waals surface area contributed by atoms with Crippen LogP contribution in [0.2, 0.25) is 0 Å². The molecule has 2 rings (SSSR count). The van der Waals surface area contributed by atoms with Gasteiger partial charge in [-0.1, -0.05) is 0 Å². The summed E-state index contributed by atoms with van der Waals surface area (Å²) in [6.45, 7) is -0.462. The topological polar surface area (TPSA) is 143 Å². The number of aliphatic hydroxyl groups is 2. The highest BCUT2D eigenvalue weighted by atomic mass is 19.1. The van der Waals surface area contributed by atoms with E-state index in [2.05, 4.69) is 15.0 Å². The van der Waals surface area contributed by atoms with Gasteiger partial charge in [-0.15, -0.1) is 0 Å². The van der Waals surface area contributed by atoms with E-state index in [1.807, 2.05) is 0 Å². The number of halogens is 1. The minimum Gasteiger partial charge on any atom is -0.394 e. The summed E-state index contributed by atoms with van der Waals surface area (Å²) < 4.78 is 19.1. The summed E-state index contributed by atoms with van der Waals surface area (Å²) in [4.78, 5) is 10.4. The molecule has 1 fully saturated rings. The molecule has 1 saturated heterocycles. The van der Waals surface area contributed by atoms with Crippen LogP contribution in [-0.4, -0.2) is 51.5 Å². The van der Waals surface area contributed by atoms with Crippen molar-refractivity contribution in [2.24, 2.45) is 16.5 Å². The van der Waals surface area contributed by atoms with E-state index in [0.717, 1.165) is 6.34 Å². The zero-order valence-corrected chi connectivity index (χ0v) is 9.98. The summed E-state index contributed by atoms with van der Waals surface area (Å²) in [6.07, 6.45) is -3.40. The SMILES string of the molecule is NC=NC(N)c1ncc([C@@H]2O[C@H](CO)[C@@H](O)[C@H]2F)[nH]1. The second kappa shape index (κ2) is 5.61. The number of alkyl halides is 1. The number of hydrogen-bond donors (Lipinski definition) is 5. The Morgan fingerprint density at radius 3 is 3.00 bits per heavy atom. The number of imidazole rings is 1. The van der Waals surface area contributed by atoms with E-state index < -0.39 is 37.3 Å². The highest BCUT2D eigenvalue weighted by molar-refractivity contribution is 5.51. The Bertz CT molecular complexity index is 454. The van der Waals surface area contributed by atoms with Gasteiger partial charge in [-0.3, -0.25) is 0 Å². The van der Waals surface area contributed by atoms with E-state index in [1.165, 1.54) is 6.20 Å². The van der Waals surface area contributed by atoms with Crippen molar-refractivity contribution in [3.8, 4) is 0 Å². The number of ether oxygens (including phenoxy) is 1. The standard InChI is InChI=1S/C10H16FN5O3/c11-6-7(18)5(2-17)19-8(6)4-1-14-10(16-4)9(13)15-3-12/h1,3,5-9,17-18H,2,13H2,(H2,12,15)(H,14,16)/t5-,6-,7-,8+,9?/m1/s1. The van der Waals surface area contributed by atoms with Gasteiger partial charge in [0, 0.05) is 0 Å². The van der Waals surface area contributed by atoms with Gasteiger partial charge in [0.2, 0.25) is 0 Å². The molecule has 0 aliphatic carbocycles. The molecular weight excluding hydrogens is 257 g/mol. The second-order valence-corrected chi connectivity index (χ2v) is 4.18. The smallest absolute Gasteiger partial charge is 0.160 e. The molecule has 0 radical (unpaired) electrons. The monoisotopic (exact) mass is 273 g/mol. The summed E-state index contributed by atoms with van der Waals surface area (Å²) in [5, 5.41) is 18.5. The van der Waals surface area contributed by atoms with Gasteiger partial charge < -0.3 is 31.4 Å². The van der Waals surface area contributed by atoms with Crippen molar-refractivity contribution in [2.75, 3.05) is 6.61 Å². The van der Waals surface area contributed by atoms with Gasteiger partial charge >= 0.3 is 0 Å². The Hall–Kier alpha value is -1.55. The van der Waals surface area contributed by atoms with Crippen LogP contribution in [0.15, 0.2) is 11.2 Å². The highest BCUT2D eigenvalue weighted by Gasteiger charge is 2.45. The van der Waals surface area contributed by atoms with Crippen LogP contribution in [0.5, 0.6) is 0 Å². The maximum Gasteiger partial charge on any atom is 0.160 e. The summed E-state index contributed by atoms with van der Waals surface area (Å²) in [5.74, 6) is 0.300. The van der Waals surface area contributed by atoms with Crippen molar-refractivity contribution in [3.63, 3.8) is 0 Å². The number of rotatable bonds is 4. The number of aliphatic imine (C=N–C) groups is 1. The summed E-state index contributed by atoms with van der Waals surface area (Å²) in [5.41, 5.74) is 11.1. The van der Waals surface area contributed by atoms with Crippen LogP contribution in [0.4, 0.5) is 4.39 Å². The first-order valence-electron chi connectivity index (χ1n) is 5.70. The first-order chi connectivity index (χ1) is 9.08. The molecule has 8 nitrogen and oxygen atoms in total. The lowest BCUT2D eigenvalue weighted by molar-refractivity contribution is -0.0236. The van der Waals surface area contributed by atoms with Crippen molar-refractivity contribution < 1.29 is 19.3 Å². The maximum atomic E-state index is 13.8. The van der Waals surface area contributed by atoms with Gasteiger partial charge in [-0.05, 0) is 0 Å². The minimum absolute atomic E-state index is 0.300. The van der Waals surface area contributed by atoms with Crippen molar-refractivity contribution in [2.45, 2.75) is 30.6 Å². The molecule has 1 unspecified atom stereocenters. The Morgan fingerprint density at radius 1 is 1.68 bits per heavy atom. The number of aromatic nitrogens is 2. The molecule has 19 heavy (non-hydrogen) atoms. The van der Waals surface area contributed by atoms with Crippen LogP contribution in [0.1, 0.15) is 23.8 Å². The van der Waals surface area contributed by atoms with Crippen LogP contribution in [0.25, 0.3) is 0 Å². The summed E-state index contributed by atoms with van der Waals surface area (Å²) in [6, 6.07) is 0. The zero-order valence-electron chi connectivity index (χ0n) is 9.98. The fraction of sp³-hybridized carbons (Fsp3) is 0.600. The fourth-order valence-electron chi connectivity index (χ4n) is 1.93. The van der Waals surface area contributed by atoms with E-state index >= 15 is 0 Å². The number of hydrogen-bond acceptors (Lipinski definition) is 6. The number of nitrogens with one attached hydrogen (secondary N) is 1. The predicted molar refractivity (Wildman–Crippen MR) is 63.8 cm³/mol. The first-order valence-corrected chi connectivity index (χ1v) is 5.70. The van der Waals surface area contributed by atoms with Gasteiger partial charge in [-0.2, -0.15) is 0 Å². The predicted octanol–water partition coefficient (Wildman–Crippen LogP) is -1.51. The van der Waals surface area contributed by atoms with Crippen molar-refractivity contribution in [1.82, 2.24) is 9.97 Å². The molecule has 0 amide bonds. The lowest BCUT2D eigenvalue weighted by Crippen LogP contribution is -2.30. The lowest BCUT2D eigenvalue weighted by atomic mass is 10.1. The Labute approximate surface area is 108 Å². The molecule has 0 aromatic carbocycles. The van der Waals surface area contributed by atoms with E-state index in [0.29, 0.717) is 11.5 Å². The molecule has 1 aliphatic heterocycles. The molecule has 1 aliphatic rings. The van der Waals surface area contributed by atoms with Crippen LogP contribution in [0, 0.1) is 0 Å². The molecule has 0 saturated carbocycles. The minimum atomic E-state index is -1.65. The molecule has 0 spiro atoms. The number of nitrogens with two attached hydrogens (primary N) is 2. The van der Waals surface area contributed by atoms with E-state index in [-0.39, 0.29) is 0 Å². The number of H-pyrrole nitrogens is 1. The molecule has 9 heteroatoms. The number of aromatic amines is 1. The van der Waals surface area contributed by atoms with Gasteiger partial charge in [0.25, 0.3) is 0 Å². The van der Waals surface area contributed by atoms with E-state index in [9.17, 15) is 9.50 Å². The maximum absolute atomic E-state index is 13.8. The number of aliphatic hydroxyl groups excluding tert-OH is 2. The zero-order chi connectivity index (χ0) is 14.0. The molecule has 1 aromatic rings.